The van der Waals surface area contributed by atoms with Gasteiger partial charge >= 0.3 is 18.1 Å². The van der Waals surface area contributed by atoms with Crippen LogP contribution in [0.1, 0.15) is 25.8 Å². The average Bonchev–Trinajstić information content (AvgIpc) is 2.60. The number of aliphatic carboxylic acids is 1. The van der Waals surface area contributed by atoms with E-state index in [1.807, 2.05) is 0 Å². The Kier molecular flexibility index (Phi) is 9.44. The first-order chi connectivity index (χ1) is 13.2. The summed E-state index contributed by atoms with van der Waals surface area (Å²) in [6.45, 7) is 2.55. The van der Waals surface area contributed by atoms with Crippen molar-refractivity contribution in [2.75, 3.05) is 6.79 Å². The zero-order chi connectivity index (χ0) is 21.1. The van der Waals surface area contributed by atoms with Gasteiger partial charge in [0.1, 0.15) is 6.04 Å². The monoisotopic (exact) mass is 396 g/mol. The van der Waals surface area contributed by atoms with Crippen molar-refractivity contribution in [3.63, 3.8) is 0 Å². The van der Waals surface area contributed by atoms with E-state index in [0.717, 1.165) is 5.56 Å². The predicted octanol–water partition coefficient (Wildman–Crippen LogP) is 0.578. The molecule has 10 nitrogen and oxygen atoms in total. The Morgan fingerprint density at radius 2 is 1.75 bits per heavy atom. The summed E-state index contributed by atoms with van der Waals surface area (Å²) in [5.41, 5.74) is 6.23. The number of carbonyl (C=O) groups is 4. The Labute approximate surface area is 161 Å². The first kappa shape index (κ1) is 22.9. The van der Waals surface area contributed by atoms with Gasteiger partial charge in [-0.1, -0.05) is 30.3 Å². The fraction of sp³-hybridized carbons (Fsp3) is 0.444. The minimum absolute atomic E-state index is 0.0711. The Morgan fingerprint density at radius 1 is 1.11 bits per heavy atom. The number of nitrogens with one attached hydrogen (secondary N) is 1. The van der Waals surface area contributed by atoms with Crippen molar-refractivity contribution in [2.45, 2.75) is 44.9 Å². The van der Waals surface area contributed by atoms with E-state index in [1.54, 1.807) is 44.2 Å². The average molecular weight is 396 g/mol. The van der Waals surface area contributed by atoms with Gasteiger partial charge in [0, 0.05) is 6.42 Å². The van der Waals surface area contributed by atoms with Gasteiger partial charge in [-0.2, -0.15) is 0 Å². The minimum atomic E-state index is -1.33. The number of hydrogen-bond donors (Lipinski definition) is 3. The van der Waals surface area contributed by atoms with Gasteiger partial charge in [-0.25, -0.2) is 9.59 Å². The fourth-order valence-electron chi connectivity index (χ4n) is 2.07. The number of carboxylic acids is 1. The van der Waals surface area contributed by atoms with E-state index in [1.165, 1.54) is 0 Å². The van der Waals surface area contributed by atoms with Crippen LogP contribution in [0.25, 0.3) is 0 Å². The number of nitrogens with two attached hydrogens (primary N) is 1. The highest BCUT2D eigenvalue weighted by atomic mass is 16.8. The third-order valence-electron chi connectivity index (χ3n) is 3.32. The molecular weight excluding hydrogens is 372 g/mol. The smallest absolute Gasteiger partial charge is 0.481 e. The molecule has 1 rings (SSSR count). The molecule has 0 aliphatic rings. The molecule has 4 N–H and O–H groups in total. The standard InChI is InChI=1S/C18H24N2O8/c1-11(2)28-18(25)27-10-26-17(24)14(8-12-6-4-3-5-7-12)20-16(23)13(19)9-15(21)22/h3-7,11,13-14H,8-10,19H2,1-2H3,(H,20,23)(H,21,22). The van der Waals surface area contributed by atoms with Gasteiger partial charge in [0.2, 0.25) is 12.7 Å². The highest BCUT2D eigenvalue weighted by molar-refractivity contribution is 5.89. The van der Waals surface area contributed by atoms with Crippen LogP contribution >= 0.6 is 0 Å². The van der Waals surface area contributed by atoms with Gasteiger partial charge in [-0.15, -0.1) is 0 Å². The van der Waals surface area contributed by atoms with Crippen LogP contribution < -0.4 is 11.1 Å². The van der Waals surface area contributed by atoms with Crippen molar-refractivity contribution in [3.05, 3.63) is 35.9 Å². The van der Waals surface area contributed by atoms with Gasteiger partial charge in [-0.05, 0) is 19.4 Å². The minimum Gasteiger partial charge on any atom is -0.481 e. The normalized spacial score (nSPS) is 12.6. The Hall–Kier alpha value is -3.14. The summed E-state index contributed by atoms with van der Waals surface area (Å²) >= 11 is 0. The third-order valence-corrected chi connectivity index (χ3v) is 3.32. The summed E-state index contributed by atoms with van der Waals surface area (Å²) in [4.78, 5) is 46.4. The molecule has 0 radical (unpaired) electrons. The Morgan fingerprint density at radius 3 is 2.32 bits per heavy atom. The van der Waals surface area contributed by atoms with Crippen LogP contribution in [0.5, 0.6) is 0 Å². The summed E-state index contributed by atoms with van der Waals surface area (Å²) in [7, 11) is 0. The Bertz CT molecular complexity index is 677. The van der Waals surface area contributed by atoms with Crippen molar-refractivity contribution < 1.29 is 38.5 Å². The van der Waals surface area contributed by atoms with Crippen molar-refractivity contribution in [1.82, 2.24) is 5.32 Å². The van der Waals surface area contributed by atoms with Gasteiger partial charge < -0.3 is 30.4 Å². The molecule has 1 aromatic rings. The van der Waals surface area contributed by atoms with E-state index in [0.29, 0.717) is 0 Å². The molecule has 1 amide bonds. The largest absolute Gasteiger partial charge is 0.511 e. The van der Waals surface area contributed by atoms with Gasteiger partial charge in [0.15, 0.2) is 0 Å². The van der Waals surface area contributed by atoms with Crippen LogP contribution in [-0.4, -0.2) is 54.1 Å². The second-order valence-corrected chi connectivity index (χ2v) is 6.10. The van der Waals surface area contributed by atoms with Crippen LogP contribution in [0.3, 0.4) is 0 Å². The molecule has 0 aliphatic heterocycles. The summed E-state index contributed by atoms with van der Waals surface area (Å²) in [5.74, 6) is -2.95. The van der Waals surface area contributed by atoms with Gasteiger partial charge in [0.25, 0.3) is 0 Å². The second-order valence-electron chi connectivity index (χ2n) is 6.10. The van der Waals surface area contributed by atoms with Crippen LogP contribution in [-0.2, 0) is 35.0 Å². The van der Waals surface area contributed by atoms with E-state index in [4.69, 9.17) is 20.3 Å². The maximum absolute atomic E-state index is 12.3. The quantitative estimate of drug-likeness (QED) is 0.380. The fourth-order valence-corrected chi connectivity index (χ4v) is 2.07. The highest BCUT2D eigenvalue weighted by Gasteiger charge is 2.26. The molecule has 0 saturated carbocycles. The molecule has 0 aromatic heterocycles. The molecule has 28 heavy (non-hydrogen) atoms. The number of ether oxygens (including phenoxy) is 3. The third kappa shape index (κ3) is 8.99. The van der Waals surface area contributed by atoms with Crippen molar-refractivity contribution in [3.8, 4) is 0 Å². The Balaban J connectivity index is 2.71. The van der Waals surface area contributed by atoms with Crippen molar-refractivity contribution in [1.29, 1.82) is 0 Å². The molecule has 0 fully saturated rings. The van der Waals surface area contributed by atoms with Gasteiger partial charge in [-0.3, -0.25) is 9.59 Å². The molecule has 0 heterocycles. The molecule has 0 saturated heterocycles. The second kappa shape index (κ2) is 11.5. The molecule has 0 bridgehead atoms. The van der Waals surface area contributed by atoms with E-state index < -0.39 is 55.4 Å². The molecule has 2 unspecified atom stereocenters. The number of hydrogen-bond acceptors (Lipinski definition) is 8. The molecule has 154 valence electrons. The zero-order valence-electron chi connectivity index (χ0n) is 15.6. The molecule has 1 aromatic carbocycles. The molecule has 0 aliphatic carbocycles. The number of benzene rings is 1. The lowest BCUT2D eigenvalue weighted by molar-refractivity contribution is -0.157. The molecule has 2 atom stereocenters. The maximum atomic E-state index is 12.3. The van der Waals surface area contributed by atoms with E-state index in [9.17, 15) is 19.2 Å². The van der Waals surface area contributed by atoms with Crippen molar-refractivity contribution >= 4 is 24.0 Å². The lowest BCUT2D eigenvalue weighted by Gasteiger charge is -2.19. The summed E-state index contributed by atoms with van der Waals surface area (Å²) in [6, 6.07) is 6.27. The first-order valence-electron chi connectivity index (χ1n) is 8.50. The van der Waals surface area contributed by atoms with Crippen LogP contribution in [0, 0.1) is 0 Å². The summed E-state index contributed by atoms with van der Waals surface area (Å²) in [6.07, 6.45) is -1.93. The maximum Gasteiger partial charge on any atom is 0.511 e. The molecular formula is C18H24N2O8. The van der Waals surface area contributed by atoms with E-state index in [-0.39, 0.29) is 6.42 Å². The van der Waals surface area contributed by atoms with Crippen LogP contribution in [0.4, 0.5) is 4.79 Å². The topological polar surface area (TPSA) is 154 Å². The van der Waals surface area contributed by atoms with Crippen LogP contribution in [0.2, 0.25) is 0 Å². The lowest BCUT2D eigenvalue weighted by atomic mass is 10.1. The van der Waals surface area contributed by atoms with E-state index >= 15 is 0 Å². The number of carbonyl (C=O) groups excluding carboxylic acids is 3. The number of rotatable bonds is 10. The van der Waals surface area contributed by atoms with E-state index in [2.05, 4.69) is 10.1 Å². The first-order valence-corrected chi connectivity index (χ1v) is 8.50. The number of carboxylic acid groups (broad SMARTS) is 1. The van der Waals surface area contributed by atoms with Gasteiger partial charge in [0.05, 0.1) is 18.6 Å². The number of esters is 1. The SMILES string of the molecule is CC(C)OC(=O)OCOC(=O)C(Cc1ccccc1)NC(=O)C(N)CC(=O)O. The lowest BCUT2D eigenvalue weighted by Crippen LogP contribution is -2.50. The molecule has 0 spiro atoms. The molecule has 10 heteroatoms. The van der Waals surface area contributed by atoms with Crippen LogP contribution in [0.15, 0.2) is 30.3 Å². The zero-order valence-corrected chi connectivity index (χ0v) is 15.6. The summed E-state index contributed by atoms with van der Waals surface area (Å²) < 4.78 is 14.2. The predicted molar refractivity (Wildman–Crippen MR) is 96.0 cm³/mol. The summed E-state index contributed by atoms with van der Waals surface area (Å²) in [5, 5.41) is 11.1. The van der Waals surface area contributed by atoms with Crippen molar-refractivity contribution in [2.24, 2.45) is 5.73 Å². The highest BCUT2D eigenvalue weighted by Crippen LogP contribution is 2.06. The number of amides is 1.